The maximum atomic E-state index is 12.2. The number of hydrogen-bond donors (Lipinski definition) is 1. The fraction of sp³-hybridized carbons (Fsp3) is 0.882. The summed E-state index contributed by atoms with van der Waals surface area (Å²) in [5, 5.41) is 3.36. The highest BCUT2D eigenvalue weighted by Crippen LogP contribution is 2.19. The number of ether oxygens (including phenoxy) is 1. The first-order chi connectivity index (χ1) is 12.5. The second kappa shape index (κ2) is 10.2. The number of piperazine rings is 1. The van der Waals surface area contributed by atoms with Crippen LogP contribution in [-0.2, 0) is 19.4 Å². The van der Waals surface area contributed by atoms with Gasteiger partial charge < -0.3 is 19.9 Å². The normalized spacial score (nSPS) is 28.3. The number of carbonyl (C=O) groups excluding carboxylic acids is 1. The average Bonchev–Trinajstić information content (AvgIpc) is 3.24. The van der Waals surface area contributed by atoms with Crippen LogP contribution in [0.15, 0.2) is 4.99 Å². The van der Waals surface area contributed by atoms with Crippen molar-refractivity contribution >= 4 is 45.7 Å². The molecule has 1 amide bonds. The first-order valence-electron chi connectivity index (χ1n) is 9.60. The van der Waals surface area contributed by atoms with Crippen molar-refractivity contribution < 1.29 is 17.9 Å². The molecule has 0 radical (unpaired) electrons. The summed E-state index contributed by atoms with van der Waals surface area (Å²) in [6.45, 7) is 6.40. The Bertz CT molecular complexity index is 637. The predicted molar refractivity (Wildman–Crippen MR) is 115 cm³/mol. The molecule has 0 bridgehead atoms. The Morgan fingerprint density at radius 2 is 2.15 bits per heavy atom. The van der Waals surface area contributed by atoms with Crippen LogP contribution in [0.4, 0.5) is 0 Å². The largest absolute Gasteiger partial charge is 0.376 e. The minimum atomic E-state index is -2.90. The van der Waals surface area contributed by atoms with Crippen molar-refractivity contribution in [3.63, 3.8) is 0 Å². The number of sulfone groups is 1. The number of amides is 1. The van der Waals surface area contributed by atoms with Crippen molar-refractivity contribution in [2.24, 2.45) is 10.9 Å². The highest BCUT2D eigenvalue weighted by atomic mass is 127. The van der Waals surface area contributed by atoms with Gasteiger partial charge in [0.15, 0.2) is 15.8 Å². The van der Waals surface area contributed by atoms with Crippen molar-refractivity contribution in [1.82, 2.24) is 15.1 Å². The minimum absolute atomic E-state index is 0. The molecular formula is C17H31IN4O4S. The summed E-state index contributed by atoms with van der Waals surface area (Å²) in [4.78, 5) is 20.7. The fourth-order valence-electron chi connectivity index (χ4n) is 3.73. The van der Waals surface area contributed by atoms with E-state index in [1.807, 2.05) is 16.7 Å². The lowest BCUT2D eigenvalue weighted by molar-refractivity contribution is -0.134. The summed E-state index contributed by atoms with van der Waals surface area (Å²) in [6, 6.07) is 0. The zero-order valence-corrected chi connectivity index (χ0v) is 19.1. The van der Waals surface area contributed by atoms with Crippen molar-refractivity contribution in [2.45, 2.75) is 32.3 Å². The number of aliphatic imine (C=N–C) groups is 1. The summed E-state index contributed by atoms with van der Waals surface area (Å²) >= 11 is 0. The summed E-state index contributed by atoms with van der Waals surface area (Å²) in [5.74, 6) is 1.37. The van der Waals surface area contributed by atoms with E-state index in [0.29, 0.717) is 38.6 Å². The minimum Gasteiger partial charge on any atom is -0.376 e. The molecule has 3 aliphatic heterocycles. The monoisotopic (exact) mass is 514 g/mol. The van der Waals surface area contributed by atoms with Crippen molar-refractivity contribution in [2.75, 3.05) is 57.4 Å². The van der Waals surface area contributed by atoms with Gasteiger partial charge >= 0.3 is 0 Å². The Kier molecular flexibility index (Phi) is 8.60. The highest BCUT2D eigenvalue weighted by molar-refractivity contribution is 14.0. The van der Waals surface area contributed by atoms with E-state index in [0.717, 1.165) is 32.5 Å². The van der Waals surface area contributed by atoms with Crippen molar-refractivity contribution in [3.05, 3.63) is 0 Å². The molecule has 10 heteroatoms. The first kappa shape index (κ1) is 22.7. The smallest absolute Gasteiger partial charge is 0.242 e. The molecule has 0 spiro atoms. The first-order valence-corrected chi connectivity index (χ1v) is 11.4. The van der Waals surface area contributed by atoms with Gasteiger partial charge in [-0.1, -0.05) is 0 Å². The average molecular weight is 514 g/mol. The molecule has 2 unspecified atom stereocenters. The number of nitrogens with zero attached hydrogens (tertiary/aromatic N) is 3. The number of nitrogens with one attached hydrogen (secondary N) is 1. The zero-order chi connectivity index (χ0) is 18.6. The van der Waals surface area contributed by atoms with Crippen LogP contribution in [0.25, 0.3) is 0 Å². The third-order valence-electron chi connectivity index (χ3n) is 5.34. The molecule has 3 heterocycles. The molecule has 3 rings (SSSR count). The Labute approximate surface area is 179 Å². The number of likely N-dealkylation sites (N-methyl/N-ethyl adjacent to an activating group) is 1. The van der Waals surface area contributed by atoms with Gasteiger partial charge in [0.05, 0.1) is 24.2 Å². The molecule has 2 atom stereocenters. The van der Waals surface area contributed by atoms with E-state index in [9.17, 15) is 13.2 Å². The molecule has 0 saturated carbocycles. The number of hydrogen-bond acceptors (Lipinski definition) is 5. The molecule has 0 aromatic heterocycles. The topological polar surface area (TPSA) is 91.3 Å². The quantitative estimate of drug-likeness (QED) is 0.323. The standard InChI is InChI=1S/C17H30N4O4S.HI/c1-2-20-6-7-21(12-16(20)22)17(19-11-15-4-3-8-25-15)18-10-14-5-9-26(23,24)13-14;/h14-15H,2-13H2,1H3,(H,18,19);1H. The third-order valence-corrected chi connectivity index (χ3v) is 7.17. The number of carbonyl (C=O) groups is 1. The van der Waals surface area contributed by atoms with Gasteiger partial charge in [-0.3, -0.25) is 9.79 Å². The van der Waals surface area contributed by atoms with E-state index in [2.05, 4.69) is 10.3 Å². The van der Waals surface area contributed by atoms with Crippen LogP contribution >= 0.6 is 24.0 Å². The Morgan fingerprint density at radius 3 is 2.74 bits per heavy atom. The van der Waals surface area contributed by atoms with Crippen LogP contribution in [0.3, 0.4) is 0 Å². The van der Waals surface area contributed by atoms with E-state index < -0.39 is 9.84 Å². The summed E-state index contributed by atoms with van der Waals surface area (Å²) in [6.07, 6.45) is 2.96. The Morgan fingerprint density at radius 1 is 1.33 bits per heavy atom. The van der Waals surface area contributed by atoms with Crippen LogP contribution in [0.1, 0.15) is 26.2 Å². The van der Waals surface area contributed by atoms with Crippen molar-refractivity contribution in [3.8, 4) is 0 Å². The third kappa shape index (κ3) is 6.45. The molecule has 0 aromatic carbocycles. The van der Waals surface area contributed by atoms with Crippen LogP contribution in [0, 0.1) is 5.92 Å². The highest BCUT2D eigenvalue weighted by Gasteiger charge is 2.29. The summed E-state index contributed by atoms with van der Waals surface area (Å²) in [7, 11) is -2.90. The Hall–Kier alpha value is -0.620. The van der Waals surface area contributed by atoms with Gasteiger partial charge in [0, 0.05) is 39.3 Å². The molecule has 8 nitrogen and oxygen atoms in total. The van der Waals surface area contributed by atoms with E-state index in [1.165, 1.54) is 0 Å². The number of guanidine groups is 1. The number of rotatable bonds is 5. The Balaban J connectivity index is 0.00000261. The lowest BCUT2D eigenvalue weighted by Crippen LogP contribution is -2.55. The van der Waals surface area contributed by atoms with E-state index >= 15 is 0 Å². The van der Waals surface area contributed by atoms with Gasteiger partial charge in [0.1, 0.15) is 0 Å². The van der Waals surface area contributed by atoms with Crippen LogP contribution in [0.2, 0.25) is 0 Å². The van der Waals surface area contributed by atoms with E-state index in [4.69, 9.17) is 4.74 Å². The molecule has 156 valence electrons. The van der Waals surface area contributed by atoms with Gasteiger partial charge in [-0.25, -0.2) is 8.42 Å². The van der Waals surface area contributed by atoms with Gasteiger partial charge in [-0.05, 0) is 32.1 Å². The van der Waals surface area contributed by atoms with E-state index in [-0.39, 0.29) is 53.4 Å². The number of halogens is 1. The summed E-state index contributed by atoms with van der Waals surface area (Å²) in [5.41, 5.74) is 0. The molecule has 3 fully saturated rings. The molecule has 3 saturated heterocycles. The second-order valence-corrected chi connectivity index (χ2v) is 9.57. The molecular weight excluding hydrogens is 483 g/mol. The lowest BCUT2D eigenvalue weighted by Gasteiger charge is -2.36. The van der Waals surface area contributed by atoms with Crippen molar-refractivity contribution in [1.29, 1.82) is 0 Å². The zero-order valence-electron chi connectivity index (χ0n) is 15.9. The summed E-state index contributed by atoms with van der Waals surface area (Å²) < 4.78 is 29.0. The molecule has 1 N–H and O–H groups in total. The molecule has 27 heavy (non-hydrogen) atoms. The fourth-order valence-corrected chi connectivity index (χ4v) is 5.58. The maximum absolute atomic E-state index is 12.2. The predicted octanol–water partition coefficient (Wildman–Crippen LogP) is 0.328. The maximum Gasteiger partial charge on any atom is 0.242 e. The second-order valence-electron chi connectivity index (χ2n) is 7.34. The molecule has 0 aliphatic carbocycles. The van der Waals surface area contributed by atoms with Gasteiger partial charge in [-0.15, -0.1) is 24.0 Å². The van der Waals surface area contributed by atoms with Crippen LogP contribution in [-0.4, -0.2) is 93.6 Å². The van der Waals surface area contributed by atoms with Gasteiger partial charge in [-0.2, -0.15) is 0 Å². The molecule has 3 aliphatic rings. The van der Waals surface area contributed by atoms with Gasteiger partial charge in [0.25, 0.3) is 0 Å². The molecule has 0 aromatic rings. The van der Waals surface area contributed by atoms with Crippen LogP contribution < -0.4 is 5.32 Å². The SMILES string of the molecule is CCN1CCN(C(=NCC2CCS(=O)(=O)C2)NCC2CCCO2)CC1=O.I. The van der Waals surface area contributed by atoms with Crippen LogP contribution in [0.5, 0.6) is 0 Å². The van der Waals surface area contributed by atoms with Gasteiger partial charge in [0.2, 0.25) is 5.91 Å². The van der Waals surface area contributed by atoms with E-state index in [1.54, 1.807) is 0 Å². The lowest BCUT2D eigenvalue weighted by atomic mass is 10.1.